The molecule has 0 spiro atoms. The van der Waals surface area contributed by atoms with Crippen LogP contribution in [0.1, 0.15) is 18.7 Å². The van der Waals surface area contributed by atoms with Crippen molar-refractivity contribution in [2.45, 2.75) is 25.4 Å². The molecule has 8 nitrogen and oxygen atoms in total. The zero-order chi connectivity index (χ0) is 17.1. The van der Waals surface area contributed by atoms with Gasteiger partial charge in [-0.25, -0.2) is 4.39 Å². The monoisotopic (exact) mass is 331 g/mol. The van der Waals surface area contributed by atoms with Crippen LogP contribution in [-0.4, -0.2) is 38.3 Å². The minimum atomic E-state index is -0.348. The van der Waals surface area contributed by atoms with Gasteiger partial charge in [0.25, 0.3) is 0 Å². The lowest BCUT2D eigenvalue weighted by Gasteiger charge is -2.20. The van der Waals surface area contributed by atoms with Crippen molar-refractivity contribution in [3.63, 3.8) is 0 Å². The number of nitrogen functional groups attached to an aromatic ring is 1. The number of carbonyl (C=O) groups excluding carboxylic acids is 1. The number of nitrogens with one attached hydrogen (secondary N) is 1. The third-order valence-corrected chi connectivity index (χ3v) is 3.84. The van der Waals surface area contributed by atoms with E-state index >= 15 is 0 Å². The maximum atomic E-state index is 13.0. The quantitative estimate of drug-likeness (QED) is 0.740. The molecule has 1 atom stereocenters. The van der Waals surface area contributed by atoms with Crippen molar-refractivity contribution in [1.82, 2.24) is 19.9 Å². The van der Waals surface area contributed by atoms with Crippen molar-refractivity contribution in [3.05, 3.63) is 35.9 Å². The van der Waals surface area contributed by atoms with E-state index in [0.29, 0.717) is 18.1 Å². The molecule has 9 heteroatoms. The third-order valence-electron chi connectivity index (χ3n) is 3.84. The van der Waals surface area contributed by atoms with E-state index in [1.165, 1.54) is 12.1 Å². The number of nitrogens with zero attached hydrogens (tertiary/aromatic N) is 4. The highest BCUT2D eigenvalue weighted by Crippen LogP contribution is 2.20. The smallest absolute Gasteiger partial charge is 0.234 e. The van der Waals surface area contributed by atoms with Crippen LogP contribution in [0.15, 0.2) is 24.3 Å². The van der Waals surface area contributed by atoms with Gasteiger partial charge >= 0.3 is 0 Å². The molecular formula is C15H18FN7O. The maximum absolute atomic E-state index is 13.0. The molecule has 24 heavy (non-hydrogen) atoms. The fourth-order valence-corrected chi connectivity index (χ4v) is 2.75. The summed E-state index contributed by atoms with van der Waals surface area (Å²) in [5.74, 6) is 0.0979. The van der Waals surface area contributed by atoms with Gasteiger partial charge in [0.05, 0.1) is 12.6 Å². The topological polar surface area (TPSA) is 123 Å². The number of hydrogen-bond donors (Lipinski definition) is 3. The van der Waals surface area contributed by atoms with Crippen LogP contribution in [0.2, 0.25) is 0 Å². The highest BCUT2D eigenvalue weighted by molar-refractivity contribution is 5.80. The van der Waals surface area contributed by atoms with Gasteiger partial charge in [0.1, 0.15) is 11.6 Å². The summed E-state index contributed by atoms with van der Waals surface area (Å²) in [7, 11) is 0. The highest BCUT2D eigenvalue weighted by atomic mass is 19.1. The van der Waals surface area contributed by atoms with Crippen LogP contribution < -0.4 is 16.8 Å². The lowest BCUT2D eigenvalue weighted by molar-refractivity contribution is -0.122. The van der Waals surface area contributed by atoms with E-state index in [2.05, 4.69) is 20.3 Å². The number of benzene rings is 1. The van der Waals surface area contributed by atoms with E-state index < -0.39 is 0 Å². The average molecular weight is 331 g/mol. The van der Waals surface area contributed by atoms with Crippen molar-refractivity contribution >= 4 is 23.5 Å². The van der Waals surface area contributed by atoms with Gasteiger partial charge < -0.3 is 16.8 Å². The molecule has 0 saturated carbocycles. The molecule has 1 amide bonds. The lowest BCUT2D eigenvalue weighted by Crippen LogP contribution is -2.40. The van der Waals surface area contributed by atoms with Crippen molar-refractivity contribution in [2.24, 2.45) is 5.73 Å². The number of nitrogens with two attached hydrogens (primary N) is 2. The van der Waals surface area contributed by atoms with Gasteiger partial charge in [0, 0.05) is 5.69 Å². The van der Waals surface area contributed by atoms with E-state index in [1.54, 1.807) is 12.1 Å². The van der Waals surface area contributed by atoms with Crippen LogP contribution in [-0.2, 0) is 11.3 Å². The minimum Gasteiger partial charge on any atom is -0.368 e. The molecule has 0 aliphatic carbocycles. The number of amides is 1. The molecule has 1 aromatic heterocycles. The number of likely N-dealkylation sites (tertiary alicyclic amines) is 1. The summed E-state index contributed by atoms with van der Waals surface area (Å²) < 4.78 is 13.0. The Morgan fingerprint density at radius 2 is 2.04 bits per heavy atom. The van der Waals surface area contributed by atoms with Gasteiger partial charge in [-0.15, -0.1) is 0 Å². The number of rotatable bonds is 5. The van der Waals surface area contributed by atoms with Crippen molar-refractivity contribution < 1.29 is 9.18 Å². The van der Waals surface area contributed by atoms with Crippen LogP contribution in [0.5, 0.6) is 0 Å². The molecule has 1 aliphatic heterocycles. The molecule has 1 aromatic carbocycles. The second-order valence-corrected chi connectivity index (χ2v) is 5.60. The van der Waals surface area contributed by atoms with Crippen LogP contribution in [0.4, 0.5) is 22.0 Å². The summed E-state index contributed by atoms with van der Waals surface area (Å²) in [6.45, 7) is 1.11. The first-order valence-corrected chi connectivity index (χ1v) is 7.57. The fraction of sp³-hybridized carbons (Fsp3) is 0.333. The lowest BCUT2D eigenvalue weighted by atomic mass is 10.2. The Labute approximate surface area is 138 Å². The predicted octanol–water partition coefficient (Wildman–Crippen LogP) is 0.786. The Bertz CT molecular complexity index is 737. The van der Waals surface area contributed by atoms with Crippen LogP contribution in [0.25, 0.3) is 0 Å². The molecule has 3 rings (SSSR count). The van der Waals surface area contributed by atoms with Gasteiger partial charge in [-0.1, -0.05) is 0 Å². The summed E-state index contributed by atoms with van der Waals surface area (Å²) in [5.41, 5.74) is 11.8. The second-order valence-electron chi connectivity index (χ2n) is 5.60. The summed E-state index contributed by atoms with van der Waals surface area (Å²) in [6, 6.07) is 5.48. The molecule has 126 valence electrons. The first kappa shape index (κ1) is 16.1. The first-order chi connectivity index (χ1) is 11.5. The van der Waals surface area contributed by atoms with E-state index in [1.807, 2.05) is 4.90 Å². The van der Waals surface area contributed by atoms with Crippen molar-refractivity contribution in [1.29, 1.82) is 0 Å². The summed E-state index contributed by atoms with van der Waals surface area (Å²) in [6.07, 6.45) is 1.63. The molecule has 2 aromatic rings. The number of hydrogen-bond acceptors (Lipinski definition) is 7. The first-order valence-electron chi connectivity index (χ1n) is 7.57. The van der Waals surface area contributed by atoms with Gasteiger partial charge in [-0.05, 0) is 43.7 Å². The molecule has 5 N–H and O–H groups in total. The Hall–Kier alpha value is -2.81. The molecule has 0 bridgehead atoms. The van der Waals surface area contributed by atoms with E-state index in [9.17, 15) is 9.18 Å². The second kappa shape index (κ2) is 6.75. The average Bonchev–Trinajstić information content (AvgIpc) is 2.97. The number of anilines is 3. The Morgan fingerprint density at radius 1 is 1.29 bits per heavy atom. The zero-order valence-electron chi connectivity index (χ0n) is 12.9. The predicted molar refractivity (Wildman–Crippen MR) is 86.5 cm³/mol. The third kappa shape index (κ3) is 3.74. The number of carbonyl (C=O) groups is 1. The van der Waals surface area contributed by atoms with Gasteiger partial charge in [-0.2, -0.15) is 15.0 Å². The zero-order valence-corrected chi connectivity index (χ0v) is 12.9. The van der Waals surface area contributed by atoms with Gasteiger partial charge in [0.2, 0.25) is 17.8 Å². The standard InChI is InChI=1S/C15H18FN7O/c16-9-3-5-10(6-4-9)19-15-21-12(20-14(18)22-15)8-23-7-1-2-11(23)13(17)24/h3-6,11H,1-2,7-8H2,(H2,17,24)(H3,18,19,20,21,22). The van der Waals surface area contributed by atoms with Gasteiger partial charge in [-0.3, -0.25) is 9.69 Å². The summed E-state index contributed by atoms with van der Waals surface area (Å²) >= 11 is 0. The van der Waals surface area contributed by atoms with Crippen molar-refractivity contribution in [3.8, 4) is 0 Å². The SMILES string of the molecule is NC(=O)C1CCCN1Cc1nc(N)nc(Nc2ccc(F)cc2)n1. The normalized spacial score (nSPS) is 17.8. The van der Waals surface area contributed by atoms with E-state index in [-0.39, 0.29) is 29.7 Å². The highest BCUT2D eigenvalue weighted by Gasteiger charge is 2.29. The van der Waals surface area contributed by atoms with Crippen LogP contribution in [0, 0.1) is 5.82 Å². The molecule has 1 unspecified atom stereocenters. The number of halogens is 1. The number of aromatic nitrogens is 3. The fourth-order valence-electron chi connectivity index (χ4n) is 2.75. The van der Waals surface area contributed by atoms with Crippen LogP contribution in [0.3, 0.4) is 0 Å². The number of primary amides is 1. The molecular weight excluding hydrogens is 313 g/mol. The molecule has 1 saturated heterocycles. The van der Waals surface area contributed by atoms with Crippen molar-refractivity contribution in [2.75, 3.05) is 17.6 Å². The molecule has 0 radical (unpaired) electrons. The van der Waals surface area contributed by atoms with E-state index in [4.69, 9.17) is 11.5 Å². The summed E-state index contributed by atoms with van der Waals surface area (Å²) in [5, 5.41) is 2.95. The van der Waals surface area contributed by atoms with Crippen LogP contribution >= 0.6 is 0 Å². The Balaban J connectivity index is 1.76. The molecule has 1 aliphatic rings. The summed E-state index contributed by atoms with van der Waals surface area (Å²) in [4.78, 5) is 25.8. The molecule has 1 fully saturated rings. The minimum absolute atomic E-state index is 0.0689. The van der Waals surface area contributed by atoms with Gasteiger partial charge in [0.15, 0.2) is 0 Å². The van der Waals surface area contributed by atoms with E-state index in [0.717, 1.165) is 19.4 Å². The Morgan fingerprint density at radius 3 is 2.75 bits per heavy atom. The largest absolute Gasteiger partial charge is 0.368 e. The Kier molecular flexibility index (Phi) is 4.52. The maximum Gasteiger partial charge on any atom is 0.234 e. The molecule has 2 heterocycles.